The average molecular weight is 314 g/mol. The molecular formula is C16H26O6. The SMILES string of the molecule is C[C@@H]1[C@@H](O)C[C@H]2[C@@H](C)C(=O)O[C@@H]3OC(C)(C)CC[C@@H]1[C@]32OO. The summed E-state index contributed by atoms with van der Waals surface area (Å²) < 4.78 is 11.5. The Hall–Kier alpha value is -0.690. The van der Waals surface area contributed by atoms with E-state index in [0.29, 0.717) is 6.42 Å². The van der Waals surface area contributed by atoms with Crippen LogP contribution in [0.15, 0.2) is 0 Å². The molecule has 1 saturated carbocycles. The Morgan fingerprint density at radius 1 is 1.27 bits per heavy atom. The summed E-state index contributed by atoms with van der Waals surface area (Å²) in [5.41, 5.74) is -1.58. The molecule has 2 heterocycles. The standard InChI is InChI=1S/C16H26O6/c1-8-10-5-6-15(3,4)21-14-16(10,22-19)11(7-12(8)17)9(2)13(18)20-14/h8-12,14,17,19H,5-7H2,1-4H3/t8-,9+,10-,11-,12-,14+,16+/m0/s1. The lowest BCUT2D eigenvalue weighted by molar-refractivity contribution is -0.431. The molecule has 2 N–H and O–H groups in total. The van der Waals surface area contributed by atoms with E-state index in [2.05, 4.69) is 0 Å². The predicted molar refractivity (Wildman–Crippen MR) is 76.7 cm³/mol. The molecule has 6 nitrogen and oxygen atoms in total. The Bertz CT molecular complexity index is 464. The van der Waals surface area contributed by atoms with Gasteiger partial charge in [0.15, 0.2) is 5.60 Å². The van der Waals surface area contributed by atoms with Gasteiger partial charge < -0.3 is 14.6 Å². The highest BCUT2D eigenvalue weighted by Gasteiger charge is 2.67. The first-order valence-electron chi connectivity index (χ1n) is 8.12. The zero-order valence-corrected chi connectivity index (χ0v) is 13.6. The summed E-state index contributed by atoms with van der Waals surface area (Å²) in [5, 5.41) is 20.3. The van der Waals surface area contributed by atoms with Crippen molar-refractivity contribution in [1.29, 1.82) is 0 Å². The first-order valence-corrected chi connectivity index (χ1v) is 8.12. The molecule has 0 aromatic heterocycles. The summed E-state index contributed by atoms with van der Waals surface area (Å²) in [6.07, 6.45) is 0.421. The third-order valence-corrected chi connectivity index (χ3v) is 6.10. The van der Waals surface area contributed by atoms with Crippen molar-refractivity contribution in [3.05, 3.63) is 0 Å². The average Bonchev–Trinajstić information content (AvgIpc) is 2.56. The fourth-order valence-corrected chi connectivity index (χ4v) is 4.66. The lowest BCUT2D eigenvalue weighted by Crippen LogP contribution is -2.68. The zero-order valence-electron chi connectivity index (χ0n) is 13.6. The largest absolute Gasteiger partial charge is 0.432 e. The summed E-state index contributed by atoms with van der Waals surface area (Å²) in [6.45, 7) is 7.61. The highest BCUT2D eigenvalue weighted by molar-refractivity contribution is 5.74. The third kappa shape index (κ3) is 2.12. The van der Waals surface area contributed by atoms with E-state index in [-0.39, 0.29) is 23.7 Å². The summed E-state index contributed by atoms with van der Waals surface area (Å²) >= 11 is 0. The monoisotopic (exact) mass is 314 g/mol. The molecule has 0 aromatic carbocycles. The van der Waals surface area contributed by atoms with Gasteiger partial charge in [0.2, 0.25) is 6.29 Å². The molecule has 0 aromatic rings. The maximum atomic E-state index is 12.2. The van der Waals surface area contributed by atoms with E-state index in [9.17, 15) is 15.2 Å². The number of carbonyl (C=O) groups excluding carboxylic acids is 1. The lowest BCUT2D eigenvalue weighted by Gasteiger charge is -2.56. The second kappa shape index (κ2) is 5.16. The zero-order chi connectivity index (χ0) is 16.3. The van der Waals surface area contributed by atoms with Gasteiger partial charge >= 0.3 is 5.97 Å². The molecule has 0 radical (unpaired) electrons. The van der Waals surface area contributed by atoms with Crippen LogP contribution in [0.4, 0.5) is 0 Å². The molecule has 3 fully saturated rings. The van der Waals surface area contributed by atoms with Crippen LogP contribution in [-0.2, 0) is 19.2 Å². The number of ether oxygens (including phenoxy) is 2. The van der Waals surface area contributed by atoms with Crippen molar-refractivity contribution in [2.75, 3.05) is 0 Å². The summed E-state index contributed by atoms with van der Waals surface area (Å²) in [6, 6.07) is 0. The molecule has 22 heavy (non-hydrogen) atoms. The lowest BCUT2D eigenvalue weighted by atomic mass is 9.57. The first-order chi connectivity index (χ1) is 10.2. The van der Waals surface area contributed by atoms with Crippen LogP contribution < -0.4 is 0 Å². The van der Waals surface area contributed by atoms with Gasteiger partial charge in [0.1, 0.15) is 0 Å². The Balaban J connectivity index is 2.11. The number of rotatable bonds is 1. The van der Waals surface area contributed by atoms with Crippen molar-refractivity contribution in [3.8, 4) is 0 Å². The van der Waals surface area contributed by atoms with Gasteiger partial charge in [0.25, 0.3) is 0 Å². The second-order valence-electron chi connectivity index (χ2n) is 7.79. The topological polar surface area (TPSA) is 85.2 Å². The molecule has 0 spiro atoms. The highest BCUT2D eigenvalue weighted by Crippen LogP contribution is 2.56. The van der Waals surface area contributed by atoms with Gasteiger partial charge in [0.05, 0.1) is 17.6 Å². The number of hydrogen-bond acceptors (Lipinski definition) is 6. The minimum atomic E-state index is -1.10. The van der Waals surface area contributed by atoms with Crippen molar-refractivity contribution in [1.82, 2.24) is 0 Å². The van der Waals surface area contributed by atoms with Crippen LogP contribution in [0.25, 0.3) is 0 Å². The third-order valence-electron chi connectivity index (χ3n) is 6.10. The Morgan fingerprint density at radius 2 is 1.95 bits per heavy atom. The minimum Gasteiger partial charge on any atom is -0.432 e. The quantitative estimate of drug-likeness (QED) is 0.437. The van der Waals surface area contributed by atoms with Crippen LogP contribution in [0.5, 0.6) is 0 Å². The van der Waals surface area contributed by atoms with Crippen molar-refractivity contribution in [2.24, 2.45) is 23.7 Å². The number of hydrogen-bond donors (Lipinski definition) is 2. The summed E-state index contributed by atoms with van der Waals surface area (Å²) in [5.74, 6) is -1.33. The number of aliphatic hydroxyl groups excluding tert-OH is 1. The van der Waals surface area contributed by atoms with E-state index in [0.717, 1.165) is 12.8 Å². The van der Waals surface area contributed by atoms with E-state index in [4.69, 9.17) is 14.4 Å². The molecule has 1 aliphatic carbocycles. The van der Waals surface area contributed by atoms with Crippen LogP contribution in [0, 0.1) is 23.7 Å². The van der Waals surface area contributed by atoms with Gasteiger partial charge in [0, 0.05) is 11.8 Å². The van der Waals surface area contributed by atoms with E-state index < -0.39 is 29.5 Å². The van der Waals surface area contributed by atoms with Gasteiger partial charge in [-0.1, -0.05) is 13.8 Å². The Morgan fingerprint density at radius 3 is 2.59 bits per heavy atom. The maximum Gasteiger partial charge on any atom is 0.311 e. The van der Waals surface area contributed by atoms with Crippen LogP contribution >= 0.6 is 0 Å². The Kier molecular flexibility index (Phi) is 3.79. The molecule has 3 rings (SSSR count). The first kappa shape index (κ1) is 16.2. The molecule has 126 valence electrons. The van der Waals surface area contributed by atoms with Crippen LogP contribution in [-0.4, -0.2) is 39.9 Å². The van der Waals surface area contributed by atoms with Gasteiger partial charge in [-0.05, 0) is 39.0 Å². The van der Waals surface area contributed by atoms with Crippen LogP contribution in [0.3, 0.4) is 0 Å². The molecule has 2 aliphatic heterocycles. The van der Waals surface area contributed by atoms with E-state index in [1.807, 2.05) is 20.8 Å². The molecule has 2 saturated heterocycles. The highest BCUT2D eigenvalue weighted by atomic mass is 17.1. The van der Waals surface area contributed by atoms with E-state index in [1.54, 1.807) is 6.92 Å². The number of carbonyl (C=O) groups is 1. The van der Waals surface area contributed by atoms with Gasteiger partial charge in [-0.2, -0.15) is 0 Å². The van der Waals surface area contributed by atoms with Crippen molar-refractivity contribution >= 4 is 5.97 Å². The molecule has 0 bridgehead atoms. The fourth-order valence-electron chi connectivity index (χ4n) is 4.66. The molecule has 0 unspecified atom stereocenters. The maximum absolute atomic E-state index is 12.2. The molecule has 3 aliphatic rings. The Labute approximate surface area is 130 Å². The van der Waals surface area contributed by atoms with E-state index in [1.165, 1.54) is 0 Å². The molecular weight excluding hydrogens is 288 g/mol. The molecule has 0 amide bonds. The number of aliphatic hydroxyl groups is 1. The van der Waals surface area contributed by atoms with Crippen LogP contribution in [0.1, 0.15) is 47.0 Å². The molecule has 6 heteroatoms. The fraction of sp³-hybridized carbons (Fsp3) is 0.938. The number of esters is 1. The van der Waals surface area contributed by atoms with Gasteiger partial charge in [-0.15, -0.1) is 0 Å². The predicted octanol–water partition coefficient (Wildman–Crippen LogP) is 1.96. The smallest absolute Gasteiger partial charge is 0.311 e. The van der Waals surface area contributed by atoms with Crippen LogP contribution in [0.2, 0.25) is 0 Å². The van der Waals surface area contributed by atoms with Gasteiger partial charge in [-0.3, -0.25) is 10.1 Å². The molecule has 7 atom stereocenters. The summed E-state index contributed by atoms with van der Waals surface area (Å²) in [7, 11) is 0. The van der Waals surface area contributed by atoms with Gasteiger partial charge in [-0.25, -0.2) is 4.89 Å². The minimum absolute atomic E-state index is 0.0626. The second-order valence-corrected chi connectivity index (χ2v) is 7.79. The van der Waals surface area contributed by atoms with E-state index >= 15 is 0 Å². The van der Waals surface area contributed by atoms with Crippen molar-refractivity contribution in [3.63, 3.8) is 0 Å². The van der Waals surface area contributed by atoms with Crippen molar-refractivity contribution < 1.29 is 29.5 Å². The summed E-state index contributed by atoms with van der Waals surface area (Å²) in [4.78, 5) is 17.2. The van der Waals surface area contributed by atoms with Crippen molar-refractivity contribution in [2.45, 2.75) is 70.6 Å². The normalized spacial score (nSPS) is 50.7.